The Bertz CT molecular complexity index is 1030. The molecule has 0 bridgehead atoms. The summed E-state index contributed by atoms with van der Waals surface area (Å²) in [5.74, 6) is 0.0213. The topological polar surface area (TPSA) is 67.7 Å². The molecule has 146 valence electrons. The summed E-state index contributed by atoms with van der Waals surface area (Å²) in [7, 11) is 1.58. The SMILES string of the molecule is CNC(=O)c1c(-c2ccc(F)cc2)nn2cc3c(cc12)C(C)OC(CS)CN3. The second-order valence-corrected chi connectivity index (χ2v) is 7.11. The zero-order valence-corrected chi connectivity index (χ0v) is 16.5. The highest BCUT2D eigenvalue weighted by atomic mass is 32.1. The van der Waals surface area contributed by atoms with Crippen LogP contribution < -0.4 is 10.6 Å². The van der Waals surface area contributed by atoms with Crippen LogP contribution in [0.2, 0.25) is 0 Å². The van der Waals surface area contributed by atoms with Gasteiger partial charge in [-0.05, 0) is 37.3 Å². The van der Waals surface area contributed by atoms with E-state index in [1.807, 2.05) is 19.2 Å². The molecule has 0 fully saturated rings. The predicted molar refractivity (Wildman–Crippen MR) is 110 cm³/mol. The van der Waals surface area contributed by atoms with Crippen LogP contribution >= 0.6 is 12.6 Å². The lowest BCUT2D eigenvalue weighted by Crippen LogP contribution is -2.23. The van der Waals surface area contributed by atoms with Crippen molar-refractivity contribution < 1.29 is 13.9 Å². The van der Waals surface area contributed by atoms with Crippen LogP contribution in [0.1, 0.15) is 28.9 Å². The summed E-state index contributed by atoms with van der Waals surface area (Å²) in [6, 6.07) is 7.89. The average molecular weight is 400 g/mol. The lowest BCUT2D eigenvalue weighted by atomic mass is 10.0. The third-order valence-electron chi connectivity index (χ3n) is 4.93. The Labute approximate surface area is 167 Å². The highest BCUT2D eigenvalue weighted by Gasteiger charge is 2.26. The number of anilines is 1. The molecule has 4 rings (SSSR count). The molecule has 0 saturated carbocycles. The van der Waals surface area contributed by atoms with E-state index in [0.29, 0.717) is 34.6 Å². The fourth-order valence-electron chi connectivity index (χ4n) is 3.49. The van der Waals surface area contributed by atoms with Crippen molar-refractivity contribution in [2.45, 2.75) is 19.1 Å². The Morgan fingerprint density at radius 3 is 2.86 bits per heavy atom. The minimum absolute atomic E-state index is 0.00811. The van der Waals surface area contributed by atoms with Crippen molar-refractivity contribution in [2.24, 2.45) is 0 Å². The summed E-state index contributed by atoms with van der Waals surface area (Å²) < 4.78 is 21.1. The molecule has 1 aromatic carbocycles. The van der Waals surface area contributed by atoms with Gasteiger partial charge in [0.2, 0.25) is 0 Å². The van der Waals surface area contributed by atoms with Crippen molar-refractivity contribution in [3.63, 3.8) is 0 Å². The smallest absolute Gasteiger partial charge is 0.255 e. The number of carbonyl (C=O) groups excluding carboxylic acids is 1. The van der Waals surface area contributed by atoms with Crippen molar-refractivity contribution in [1.82, 2.24) is 14.9 Å². The summed E-state index contributed by atoms with van der Waals surface area (Å²) in [6.45, 7) is 2.62. The molecule has 3 heterocycles. The first kappa shape index (κ1) is 18.8. The summed E-state index contributed by atoms with van der Waals surface area (Å²) in [5.41, 5.74) is 4.14. The number of rotatable bonds is 3. The maximum Gasteiger partial charge on any atom is 0.255 e. The van der Waals surface area contributed by atoms with Gasteiger partial charge in [-0.2, -0.15) is 17.7 Å². The van der Waals surface area contributed by atoms with Gasteiger partial charge < -0.3 is 15.4 Å². The maximum atomic E-state index is 13.3. The van der Waals surface area contributed by atoms with E-state index in [0.717, 1.165) is 11.3 Å². The van der Waals surface area contributed by atoms with E-state index in [1.54, 1.807) is 23.7 Å². The number of fused-ring (bicyclic) bond motifs is 2. The van der Waals surface area contributed by atoms with Crippen LogP contribution in [0.15, 0.2) is 36.5 Å². The molecule has 0 radical (unpaired) electrons. The molecule has 1 aliphatic rings. The summed E-state index contributed by atoms with van der Waals surface area (Å²) in [5, 5.41) is 10.7. The number of amides is 1. The number of carbonyl (C=O) groups is 1. The molecule has 0 saturated heterocycles. The van der Waals surface area contributed by atoms with Gasteiger partial charge in [0.15, 0.2) is 0 Å². The van der Waals surface area contributed by atoms with E-state index in [4.69, 9.17) is 4.74 Å². The van der Waals surface area contributed by atoms with Crippen molar-refractivity contribution in [3.05, 3.63) is 53.5 Å². The molecule has 2 unspecified atom stereocenters. The number of aromatic nitrogens is 2. The average Bonchev–Trinajstić information content (AvgIpc) is 3.00. The Morgan fingerprint density at radius 2 is 2.18 bits per heavy atom. The first-order chi connectivity index (χ1) is 13.5. The third kappa shape index (κ3) is 3.22. The Kier molecular flexibility index (Phi) is 4.99. The van der Waals surface area contributed by atoms with Gasteiger partial charge in [0.1, 0.15) is 11.5 Å². The van der Waals surface area contributed by atoms with Crippen LogP contribution in [0, 0.1) is 5.82 Å². The Balaban J connectivity index is 1.91. The third-order valence-corrected chi connectivity index (χ3v) is 5.34. The molecule has 2 N–H and O–H groups in total. The van der Waals surface area contributed by atoms with E-state index < -0.39 is 0 Å². The zero-order valence-electron chi connectivity index (χ0n) is 15.6. The lowest BCUT2D eigenvalue weighted by molar-refractivity contribution is 0.0214. The second kappa shape index (κ2) is 7.44. The van der Waals surface area contributed by atoms with Crippen molar-refractivity contribution in [1.29, 1.82) is 0 Å². The van der Waals surface area contributed by atoms with Crippen LogP contribution in [0.3, 0.4) is 0 Å². The largest absolute Gasteiger partial charge is 0.381 e. The van der Waals surface area contributed by atoms with Gasteiger partial charge in [0, 0.05) is 30.5 Å². The molecule has 1 aliphatic heterocycles. The molecular formula is C20H21FN4O2S. The van der Waals surface area contributed by atoms with Gasteiger partial charge >= 0.3 is 0 Å². The molecule has 8 heteroatoms. The van der Waals surface area contributed by atoms with Gasteiger partial charge in [-0.15, -0.1) is 0 Å². The molecular weight excluding hydrogens is 379 g/mol. The van der Waals surface area contributed by atoms with Crippen LogP contribution in [-0.2, 0) is 4.74 Å². The number of pyridine rings is 1. The fraction of sp³-hybridized carbons (Fsp3) is 0.300. The zero-order chi connectivity index (χ0) is 19.8. The minimum Gasteiger partial charge on any atom is -0.381 e. The van der Waals surface area contributed by atoms with Gasteiger partial charge in [0.05, 0.1) is 35.2 Å². The van der Waals surface area contributed by atoms with Crippen LogP contribution in [0.4, 0.5) is 10.1 Å². The molecule has 2 aromatic heterocycles. The first-order valence-electron chi connectivity index (χ1n) is 9.06. The summed E-state index contributed by atoms with van der Waals surface area (Å²) >= 11 is 4.34. The summed E-state index contributed by atoms with van der Waals surface area (Å²) in [6.07, 6.45) is 1.70. The molecule has 0 spiro atoms. The van der Waals surface area contributed by atoms with Crippen molar-refractivity contribution >= 4 is 29.7 Å². The quantitative estimate of drug-likeness (QED) is 0.590. The number of halogens is 1. The number of nitrogens with zero attached hydrogens (tertiary/aromatic N) is 2. The molecule has 2 atom stereocenters. The van der Waals surface area contributed by atoms with E-state index in [1.165, 1.54) is 12.1 Å². The van der Waals surface area contributed by atoms with E-state index in [9.17, 15) is 9.18 Å². The highest BCUT2D eigenvalue weighted by Crippen LogP contribution is 2.34. The van der Waals surface area contributed by atoms with Gasteiger partial charge in [-0.25, -0.2) is 8.91 Å². The highest BCUT2D eigenvalue weighted by molar-refractivity contribution is 7.80. The molecule has 6 nitrogen and oxygen atoms in total. The second-order valence-electron chi connectivity index (χ2n) is 6.75. The molecule has 28 heavy (non-hydrogen) atoms. The normalized spacial score (nSPS) is 19.0. The lowest BCUT2D eigenvalue weighted by Gasteiger charge is -2.17. The van der Waals surface area contributed by atoms with Crippen LogP contribution in [0.25, 0.3) is 16.8 Å². The van der Waals surface area contributed by atoms with E-state index in [2.05, 4.69) is 28.4 Å². The number of ether oxygens (including phenoxy) is 1. The molecule has 3 aromatic rings. The number of hydrogen-bond donors (Lipinski definition) is 3. The monoisotopic (exact) mass is 400 g/mol. The Morgan fingerprint density at radius 1 is 1.43 bits per heavy atom. The Hall–Kier alpha value is -2.58. The minimum atomic E-state index is -0.338. The van der Waals surface area contributed by atoms with Gasteiger partial charge in [0.25, 0.3) is 5.91 Å². The van der Waals surface area contributed by atoms with Crippen molar-refractivity contribution in [3.8, 4) is 11.3 Å². The standard InChI is InChI=1S/C20H21FN4O2S/c1-11-15-7-17-18(20(26)22-2)19(12-3-5-13(21)6-4-12)24-25(17)9-16(15)23-8-14(10-28)27-11/h3-7,9,11,14,23,28H,8,10H2,1-2H3,(H,22,26). The van der Waals surface area contributed by atoms with E-state index in [-0.39, 0.29) is 23.9 Å². The van der Waals surface area contributed by atoms with Gasteiger partial charge in [-0.1, -0.05) is 0 Å². The summed E-state index contributed by atoms with van der Waals surface area (Å²) in [4.78, 5) is 12.7. The maximum absolute atomic E-state index is 13.3. The van der Waals surface area contributed by atoms with Crippen LogP contribution in [0.5, 0.6) is 0 Å². The predicted octanol–water partition coefficient (Wildman–Crippen LogP) is 3.30. The molecule has 0 aliphatic carbocycles. The van der Waals surface area contributed by atoms with Crippen molar-refractivity contribution in [2.75, 3.05) is 24.7 Å². The van der Waals surface area contributed by atoms with E-state index >= 15 is 0 Å². The number of thiol groups is 1. The number of hydrogen-bond acceptors (Lipinski definition) is 5. The molecule has 1 amide bonds. The first-order valence-corrected chi connectivity index (χ1v) is 9.69. The van der Waals surface area contributed by atoms with Crippen LogP contribution in [-0.4, -0.2) is 41.0 Å². The fourth-order valence-corrected chi connectivity index (χ4v) is 3.71. The van der Waals surface area contributed by atoms with Gasteiger partial charge in [-0.3, -0.25) is 4.79 Å². The number of nitrogens with one attached hydrogen (secondary N) is 2. The number of benzene rings is 1.